The Balaban J connectivity index is 2.39. The van der Waals surface area contributed by atoms with Gasteiger partial charge in [0.25, 0.3) is 0 Å². The van der Waals surface area contributed by atoms with E-state index < -0.39 is 0 Å². The summed E-state index contributed by atoms with van der Waals surface area (Å²) < 4.78 is 0. The molecular formula is C10H13N3. The van der Waals surface area contributed by atoms with Crippen LogP contribution in [0.25, 0.3) is 5.53 Å². The molecule has 1 heterocycles. The van der Waals surface area contributed by atoms with Gasteiger partial charge >= 0.3 is 0 Å². The maximum Gasteiger partial charge on any atom is 0.155 e. The van der Waals surface area contributed by atoms with E-state index in [1.807, 2.05) is 6.07 Å². The van der Waals surface area contributed by atoms with Crippen molar-refractivity contribution >= 4 is 0 Å². The maximum atomic E-state index is 8.66. The highest BCUT2D eigenvalue weighted by molar-refractivity contribution is 5.36. The zero-order valence-corrected chi connectivity index (χ0v) is 7.51. The Hall–Kier alpha value is -1.22. The summed E-state index contributed by atoms with van der Waals surface area (Å²) in [5.41, 5.74) is 12.6. The summed E-state index contributed by atoms with van der Waals surface area (Å²) >= 11 is 0. The molecule has 0 saturated carbocycles. The topological polar surface area (TPSA) is 48.3 Å². The van der Waals surface area contributed by atoms with Crippen LogP contribution in [-0.4, -0.2) is 6.54 Å². The average molecular weight is 175 g/mol. The van der Waals surface area contributed by atoms with E-state index in [2.05, 4.69) is 22.6 Å². The van der Waals surface area contributed by atoms with Crippen molar-refractivity contribution in [3.8, 4) is 0 Å². The standard InChI is InChI=1S/C10H13N3/c11-13-7-9-3-1-2-8-6-12-5-4-10(8)9/h1-3,12-13H,4-7H2. The van der Waals surface area contributed by atoms with Crippen molar-refractivity contribution in [3.05, 3.63) is 40.4 Å². The van der Waals surface area contributed by atoms with Crippen molar-refractivity contribution < 1.29 is 5.11 Å². The summed E-state index contributed by atoms with van der Waals surface area (Å²) in [5.74, 6) is 0. The van der Waals surface area contributed by atoms with Gasteiger partial charge in [-0.15, -0.1) is 0 Å². The first-order valence-corrected chi connectivity index (χ1v) is 4.59. The third-order valence-electron chi connectivity index (χ3n) is 2.51. The van der Waals surface area contributed by atoms with Crippen LogP contribution in [0.4, 0.5) is 0 Å². The van der Waals surface area contributed by atoms with Crippen molar-refractivity contribution in [2.75, 3.05) is 6.54 Å². The number of fused-ring (bicyclic) bond motifs is 1. The summed E-state index contributed by atoms with van der Waals surface area (Å²) in [5, 5.41) is 5.54. The summed E-state index contributed by atoms with van der Waals surface area (Å²) in [6.45, 7) is 2.53. The van der Waals surface area contributed by atoms with E-state index in [-0.39, 0.29) is 0 Å². The van der Waals surface area contributed by atoms with Crippen LogP contribution in [0.5, 0.6) is 0 Å². The maximum absolute atomic E-state index is 8.66. The molecule has 1 aromatic rings. The number of hydrogen-bond acceptors (Lipinski definition) is 1. The summed E-state index contributed by atoms with van der Waals surface area (Å²) in [7, 11) is 0. The molecule has 0 radical (unpaired) electrons. The fourth-order valence-corrected chi connectivity index (χ4v) is 1.86. The Bertz CT molecular complexity index is 320. The Morgan fingerprint density at radius 2 is 2.38 bits per heavy atom. The molecule has 0 amide bonds. The van der Waals surface area contributed by atoms with Crippen molar-refractivity contribution in [1.29, 1.82) is 0 Å². The number of nitrogens with zero attached hydrogens (tertiary/aromatic N) is 1. The molecule has 68 valence electrons. The lowest BCUT2D eigenvalue weighted by molar-refractivity contribution is -0.498. The second kappa shape index (κ2) is 3.66. The van der Waals surface area contributed by atoms with Gasteiger partial charge in [0.2, 0.25) is 0 Å². The fraction of sp³-hybridized carbons (Fsp3) is 0.400. The minimum Gasteiger partial charge on any atom is -0.508 e. The van der Waals surface area contributed by atoms with Crippen LogP contribution in [0.3, 0.4) is 0 Å². The van der Waals surface area contributed by atoms with Crippen LogP contribution in [0.1, 0.15) is 16.7 Å². The van der Waals surface area contributed by atoms with Crippen LogP contribution >= 0.6 is 0 Å². The van der Waals surface area contributed by atoms with E-state index >= 15 is 0 Å². The molecule has 3 nitrogen and oxygen atoms in total. The van der Waals surface area contributed by atoms with Crippen molar-refractivity contribution in [2.45, 2.75) is 19.5 Å². The molecule has 0 saturated heterocycles. The minimum absolute atomic E-state index is 0.545. The molecule has 2 N–H and O–H groups in total. The fourth-order valence-electron chi connectivity index (χ4n) is 1.86. The normalized spacial score (nSPS) is 15.1. The summed E-state index contributed by atoms with van der Waals surface area (Å²) in [6.07, 6.45) is 1.06. The highest BCUT2D eigenvalue weighted by Crippen LogP contribution is 2.17. The Morgan fingerprint density at radius 3 is 3.23 bits per heavy atom. The van der Waals surface area contributed by atoms with Gasteiger partial charge < -0.3 is 16.0 Å². The number of benzene rings is 1. The largest absolute Gasteiger partial charge is 0.508 e. The SMILES string of the molecule is [N-]=[NH+]Cc1cccc2c1CCNC2. The van der Waals surface area contributed by atoms with E-state index in [9.17, 15) is 0 Å². The predicted molar refractivity (Wildman–Crippen MR) is 49.9 cm³/mol. The van der Waals surface area contributed by atoms with Gasteiger partial charge in [-0.1, -0.05) is 18.2 Å². The van der Waals surface area contributed by atoms with E-state index in [1.54, 1.807) is 0 Å². The molecule has 1 aliphatic heterocycles. The molecule has 3 heteroatoms. The lowest BCUT2D eigenvalue weighted by atomic mass is 9.96. The first-order valence-electron chi connectivity index (χ1n) is 4.59. The van der Waals surface area contributed by atoms with Gasteiger partial charge in [-0.25, -0.2) is 0 Å². The number of hydrogen-bond donors (Lipinski definition) is 2. The van der Waals surface area contributed by atoms with Gasteiger partial charge in [-0.3, -0.25) is 0 Å². The molecule has 0 atom stereocenters. The minimum atomic E-state index is 0.545. The second-order valence-corrected chi connectivity index (χ2v) is 3.32. The average Bonchev–Trinajstić information content (AvgIpc) is 2.19. The molecule has 0 fully saturated rings. The van der Waals surface area contributed by atoms with Crippen molar-refractivity contribution in [3.63, 3.8) is 0 Å². The van der Waals surface area contributed by atoms with E-state index in [0.717, 1.165) is 19.5 Å². The molecule has 0 unspecified atom stereocenters. The van der Waals surface area contributed by atoms with Crippen molar-refractivity contribution in [1.82, 2.24) is 5.32 Å². The van der Waals surface area contributed by atoms with Crippen LogP contribution < -0.4 is 10.4 Å². The predicted octanol–water partition coefficient (Wildman–Crippen LogP) is -0.0655. The molecule has 0 aromatic heterocycles. The van der Waals surface area contributed by atoms with Gasteiger partial charge in [-0.05, 0) is 24.1 Å². The molecule has 1 aliphatic rings. The highest BCUT2D eigenvalue weighted by Gasteiger charge is 2.12. The van der Waals surface area contributed by atoms with Crippen LogP contribution in [0.2, 0.25) is 0 Å². The lowest BCUT2D eigenvalue weighted by Crippen LogP contribution is -2.60. The monoisotopic (exact) mass is 175 g/mol. The third kappa shape index (κ3) is 1.60. The molecule has 0 spiro atoms. The Morgan fingerprint density at radius 1 is 1.46 bits per heavy atom. The summed E-state index contributed by atoms with van der Waals surface area (Å²) in [6, 6.07) is 6.24. The number of rotatable bonds is 2. The van der Waals surface area contributed by atoms with E-state index in [4.69, 9.17) is 5.53 Å². The zero-order valence-electron chi connectivity index (χ0n) is 7.51. The molecule has 13 heavy (non-hydrogen) atoms. The van der Waals surface area contributed by atoms with Crippen LogP contribution in [-0.2, 0) is 19.5 Å². The highest BCUT2D eigenvalue weighted by atomic mass is 14.9. The molecular weight excluding hydrogens is 162 g/mol. The van der Waals surface area contributed by atoms with Crippen LogP contribution in [0, 0.1) is 0 Å². The number of nitrogens with one attached hydrogen (secondary N) is 2. The molecule has 1 aromatic carbocycles. The lowest BCUT2D eigenvalue weighted by Gasteiger charge is -2.18. The zero-order chi connectivity index (χ0) is 9.10. The molecule has 0 bridgehead atoms. The molecule has 0 aliphatic carbocycles. The van der Waals surface area contributed by atoms with Gasteiger partial charge in [0.05, 0.1) is 0 Å². The van der Waals surface area contributed by atoms with E-state index in [1.165, 1.54) is 16.7 Å². The van der Waals surface area contributed by atoms with Gasteiger partial charge in [0.15, 0.2) is 6.54 Å². The second-order valence-electron chi connectivity index (χ2n) is 3.32. The van der Waals surface area contributed by atoms with E-state index in [0.29, 0.717) is 6.54 Å². The first kappa shape index (κ1) is 8.38. The Kier molecular flexibility index (Phi) is 2.36. The molecule has 2 rings (SSSR count). The smallest absolute Gasteiger partial charge is 0.155 e. The first-order chi connectivity index (χ1) is 6.42. The van der Waals surface area contributed by atoms with Crippen LogP contribution in [0.15, 0.2) is 18.2 Å². The quantitative estimate of drug-likeness (QED) is 0.608. The summed E-state index contributed by atoms with van der Waals surface area (Å²) in [4.78, 5) is 0. The van der Waals surface area contributed by atoms with Gasteiger partial charge in [-0.2, -0.15) is 0 Å². The van der Waals surface area contributed by atoms with Crippen molar-refractivity contribution in [2.24, 2.45) is 0 Å². The third-order valence-corrected chi connectivity index (χ3v) is 2.51. The van der Waals surface area contributed by atoms with Gasteiger partial charge in [0.1, 0.15) is 0 Å². The Labute approximate surface area is 77.7 Å². The van der Waals surface area contributed by atoms with Gasteiger partial charge in [0, 0.05) is 12.1 Å².